The Morgan fingerprint density at radius 2 is 2.12 bits per heavy atom. The minimum Gasteiger partial charge on any atom is -0.335 e. The van der Waals surface area contributed by atoms with Gasteiger partial charge < -0.3 is 9.88 Å². The topological polar surface area (TPSA) is 29.9 Å². The summed E-state index contributed by atoms with van der Waals surface area (Å²) in [5, 5.41) is 3.17. The van der Waals surface area contributed by atoms with Crippen molar-refractivity contribution in [2.45, 2.75) is 26.4 Å². The van der Waals surface area contributed by atoms with Crippen LogP contribution in [0, 0.1) is 0 Å². The average Bonchev–Trinajstić information content (AvgIpc) is 2.77. The molecule has 0 radical (unpaired) electrons. The molecular formula is C14H19N3. The molecule has 17 heavy (non-hydrogen) atoms. The summed E-state index contributed by atoms with van der Waals surface area (Å²) in [4.78, 5) is 4.41. The fraction of sp³-hybridized carbons (Fsp3) is 0.357. The Hall–Kier alpha value is -1.61. The molecule has 90 valence electrons. The number of aromatic nitrogens is 2. The highest BCUT2D eigenvalue weighted by atomic mass is 15.0. The minimum absolute atomic E-state index is 0.901. The Balaban J connectivity index is 2.15. The first-order valence-electron chi connectivity index (χ1n) is 6.06. The Morgan fingerprint density at radius 3 is 2.88 bits per heavy atom. The lowest BCUT2D eigenvalue weighted by Crippen LogP contribution is -2.06. The van der Waals surface area contributed by atoms with Gasteiger partial charge in [0.05, 0.1) is 0 Å². The van der Waals surface area contributed by atoms with E-state index in [1.807, 2.05) is 19.4 Å². The molecule has 0 aliphatic carbocycles. The number of nitrogens with one attached hydrogen (secondary N) is 1. The number of hydrogen-bond acceptors (Lipinski definition) is 2. The predicted molar refractivity (Wildman–Crippen MR) is 69.9 cm³/mol. The summed E-state index contributed by atoms with van der Waals surface area (Å²) >= 11 is 0. The van der Waals surface area contributed by atoms with Gasteiger partial charge in [-0.15, -0.1) is 0 Å². The molecule has 0 atom stereocenters. The van der Waals surface area contributed by atoms with Gasteiger partial charge in [0.1, 0.15) is 5.82 Å². The summed E-state index contributed by atoms with van der Waals surface area (Å²) in [6, 6.07) is 8.66. The van der Waals surface area contributed by atoms with Crippen LogP contribution in [0.15, 0.2) is 36.7 Å². The Morgan fingerprint density at radius 1 is 1.29 bits per heavy atom. The van der Waals surface area contributed by atoms with E-state index in [0.29, 0.717) is 0 Å². The number of nitrogens with zero attached hydrogens (tertiary/aromatic N) is 2. The number of aryl methyl sites for hydroxylation is 1. The second kappa shape index (κ2) is 5.64. The molecule has 0 saturated heterocycles. The molecule has 3 heteroatoms. The molecule has 2 aromatic rings. The molecule has 1 aromatic carbocycles. The van der Waals surface area contributed by atoms with E-state index in [1.165, 1.54) is 11.1 Å². The van der Waals surface area contributed by atoms with Crippen LogP contribution in [0.2, 0.25) is 0 Å². The molecule has 0 fully saturated rings. The summed E-state index contributed by atoms with van der Waals surface area (Å²) in [7, 11) is 1.97. The summed E-state index contributed by atoms with van der Waals surface area (Å²) in [5.74, 6) is 1.13. The maximum atomic E-state index is 4.41. The standard InChI is InChI=1S/C14H19N3/c1-3-17-8-7-16-14(17)10-12-5-4-6-13(9-12)11-15-2/h4-9,15H,3,10-11H2,1-2H3. The van der Waals surface area contributed by atoms with Gasteiger partial charge in [-0.3, -0.25) is 0 Å². The smallest absolute Gasteiger partial charge is 0.113 e. The van der Waals surface area contributed by atoms with Crippen molar-refractivity contribution in [2.24, 2.45) is 0 Å². The van der Waals surface area contributed by atoms with Crippen molar-refractivity contribution < 1.29 is 0 Å². The fourth-order valence-electron chi connectivity index (χ4n) is 2.03. The molecule has 0 aliphatic rings. The van der Waals surface area contributed by atoms with Crippen molar-refractivity contribution in [3.63, 3.8) is 0 Å². The molecule has 3 nitrogen and oxygen atoms in total. The van der Waals surface area contributed by atoms with E-state index in [-0.39, 0.29) is 0 Å². The van der Waals surface area contributed by atoms with Crippen LogP contribution >= 0.6 is 0 Å². The molecule has 1 heterocycles. The molecule has 0 aliphatic heterocycles. The van der Waals surface area contributed by atoms with Gasteiger partial charge >= 0.3 is 0 Å². The first-order chi connectivity index (χ1) is 8.33. The third-order valence-electron chi connectivity index (χ3n) is 2.88. The Kier molecular flexibility index (Phi) is 3.94. The largest absolute Gasteiger partial charge is 0.335 e. The van der Waals surface area contributed by atoms with Crippen molar-refractivity contribution >= 4 is 0 Å². The summed E-state index contributed by atoms with van der Waals surface area (Å²) < 4.78 is 2.19. The van der Waals surface area contributed by atoms with E-state index in [9.17, 15) is 0 Å². The van der Waals surface area contributed by atoms with Crippen molar-refractivity contribution in [3.8, 4) is 0 Å². The normalized spacial score (nSPS) is 10.7. The molecular weight excluding hydrogens is 210 g/mol. The first-order valence-corrected chi connectivity index (χ1v) is 6.06. The third-order valence-corrected chi connectivity index (χ3v) is 2.88. The van der Waals surface area contributed by atoms with Gasteiger partial charge in [-0.1, -0.05) is 24.3 Å². The van der Waals surface area contributed by atoms with Crippen molar-refractivity contribution in [1.82, 2.24) is 14.9 Å². The highest BCUT2D eigenvalue weighted by Crippen LogP contribution is 2.10. The maximum absolute atomic E-state index is 4.41. The van der Waals surface area contributed by atoms with E-state index in [2.05, 4.69) is 46.1 Å². The second-order valence-electron chi connectivity index (χ2n) is 4.16. The Bertz CT molecular complexity index is 474. The van der Waals surface area contributed by atoms with Gasteiger partial charge in [-0.2, -0.15) is 0 Å². The van der Waals surface area contributed by atoms with Crippen LogP contribution in [-0.4, -0.2) is 16.6 Å². The second-order valence-corrected chi connectivity index (χ2v) is 4.16. The molecule has 0 amide bonds. The summed E-state index contributed by atoms with van der Waals surface area (Å²) in [5.41, 5.74) is 2.64. The monoisotopic (exact) mass is 229 g/mol. The summed E-state index contributed by atoms with van der Waals surface area (Å²) in [6.45, 7) is 4.03. The number of imidazole rings is 1. The zero-order valence-corrected chi connectivity index (χ0v) is 10.5. The van der Waals surface area contributed by atoms with Crippen molar-refractivity contribution in [2.75, 3.05) is 7.05 Å². The van der Waals surface area contributed by atoms with Gasteiger partial charge in [0.15, 0.2) is 0 Å². The molecule has 1 N–H and O–H groups in total. The minimum atomic E-state index is 0.901. The highest BCUT2D eigenvalue weighted by Gasteiger charge is 2.03. The van der Waals surface area contributed by atoms with Gasteiger partial charge in [-0.25, -0.2) is 4.98 Å². The van der Waals surface area contributed by atoms with Crippen LogP contribution in [0.3, 0.4) is 0 Å². The molecule has 0 saturated carbocycles. The average molecular weight is 229 g/mol. The lowest BCUT2D eigenvalue weighted by molar-refractivity contribution is 0.712. The van der Waals surface area contributed by atoms with Gasteiger partial charge in [0.25, 0.3) is 0 Å². The SMILES string of the molecule is CCn1ccnc1Cc1cccc(CNC)c1. The number of hydrogen-bond donors (Lipinski definition) is 1. The molecule has 0 spiro atoms. The fourth-order valence-corrected chi connectivity index (χ4v) is 2.03. The molecule has 1 aromatic heterocycles. The van der Waals surface area contributed by atoms with E-state index in [4.69, 9.17) is 0 Å². The zero-order chi connectivity index (χ0) is 12.1. The van der Waals surface area contributed by atoms with Crippen LogP contribution in [-0.2, 0) is 19.5 Å². The van der Waals surface area contributed by atoms with Crippen LogP contribution in [0.1, 0.15) is 23.9 Å². The van der Waals surface area contributed by atoms with E-state index >= 15 is 0 Å². The van der Waals surface area contributed by atoms with Gasteiger partial charge in [0.2, 0.25) is 0 Å². The van der Waals surface area contributed by atoms with E-state index < -0.39 is 0 Å². The third kappa shape index (κ3) is 2.94. The van der Waals surface area contributed by atoms with Gasteiger partial charge in [0, 0.05) is 31.9 Å². The van der Waals surface area contributed by atoms with Crippen LogP contribution in [0.5, 0.6) is 0 Å². The molecule has 2 rings (SSSR count). The van der Waals surface area contributed by atoms with E-state index in [1.54, 1.807) is 0 Å². The first kappa shape index (κ1) is 11.9. The van der Waals surface area contributed by atoms with Crippen LogP contribution in [0.4, 0.5) is 0 Å². The highest BCUT2D eigenvalue weighted by molar-refractivity contribution is 5.26. The lowest BCUT2D eigenvalue weighted by atomic mass is 10.1. The summed E-state index contributed by atoms with van der Waals surface area (Å²) in [6.07, 6.45) is 4.81. The van der Waals surface area contributed by atoms with Gasteiger partial charge in [-0.05, 0) is 25.1 Å². The van der Waals surface area contributed by atoms with Crippen molar-refractivity contribution in [3.05, 3.63) is 53.6 Å². The lowest BCUT2D eigenvalue weighted by Gasteiger charge is -2.06. The van der Waals surface area contributed by atoms with Crippen LogP contribution < -0.4 is 5.32 Å². The Labute approximate surface area is 103 Å². The quantitative estimate of drug-likeness (QED) is 0.852. The number of rotatable bonds is 5. The van der Waals surface area contributed by atoms with E-state index in [0.717, 1.165) is 25.3 Å². The maximum Gasteiger partial charge on any atom is 0.113 e. The molecule has 0 bridgehead atoms. The van der Waals surface area contributed by atoms with Crippen molar-refractivity contribution in [1.29, 1.82) is 0 Å². The number of benzene rings is 1. The zero-order valence-electron chi connectivity index (χ0n) is 10.5. The van der Waals surface area contributed by atoms with Crippen LogP contribution in [0.25, 0.3) is 0 Å². The molecule has 0 unspecified atom stereocenters. The predicted octanol–water partition coefficient (Wildman–Crippen LogP) is 2.21.